The zero-order valence-electron chi connectivity index (χ0n) is 11.2. The van der Waals surface area contributed by atoms with E-state index < -0.39 is 18.9 Å². The van der Waals surface area contributed by atoms with Gasteiger partial charge in [-0.3, -0.25) is 0 Å². The molecule has 0 aliphatic rings. The van der Waals surface area contributed by atoms with E-state index >= 15 is 0 Å². The second-order valence-electron chi connectivity index (χ2n) is 3.62. The lowest BCUT2D eigenvalue weighted by atomic mass is 10.4. The van der Waals surface area contributed by atoms with Crippen molar-refractivity contribution >= 4 is 5.97 Å². The standard InChI is InChI=1S/C12H22O7/c1-10(2)12(15)19-11(9-14)18-8-7-17-6-5-16-4-3-13/h11,13-14H,1,3-9H2,2H3. The van der Waals surface area contributed by atoms with Crippen molar-refractivity contribution in [2.24, 2.45) is 0 Å². The van der Waals surface area contributed by atoms with Crippen LogP contribution >= 0.6 is 0 Å². The van der Waals surface area contributed by atoms with Crippen LogP contribution in [0.25, 0.3) is 0 Å². The third kappa shape index (κ3) is 10.6. The average Bonchev–Trinajstić information content (AvgIpc) is 2.39. The van der Waals surface area contributed by atoms with Gasteiger partial charge in [0.25, 0.3) is 0 Å². The highest BCUT2D eigenvalue weighted by Gasteiger charge is 2.13. The summed E-state index contributed by atoms with van der Waals surface area (Å²) in [5, 5.41) is 17.4. The van der Waals surface area contributed by atoms with E-state index in [1.54, 1.807) is 0 Å². The molecule has 2 N–H and O–H groups in total. The minimum Gasteiger partial charge on any atom is -0.430 e. The molecule has 0 aliphatic heterocycles. The quantitative estimate of drug-likeness (QED) is 0.214. The molecule has 1 atom stereocenters. The Morgan fingerprint density at radius 1 is 1.11 bits per heavy atom. The Bertz CT molecular complexity index is 254. The first-order chi connectivity index (χ1) is 9.11. The Labute approximate surface area is 112 Å². The fourth-order valence-electron chi connectivity index (χ4n) is 0.969. The molecule has 0 amide bonds. The number of aliphatic hydroxyl groups is 2. The second kappa shape index (κ2) is 12.1. The molecule has 1 unspecified atom stereocenters. The molecule has 0 radical (unpaired) electrons. The largest absolute Gasteiger partial charge is 0.430 e. The summed E-state index contributed by atoms with van der Waals surface area (Å²) in [6, 6.07) is 0. The van der Waals surface area contributed by atoms with Crippen LogP contribution in [-0.4, -0.2) is 68.7 Å². The summed E-state index contributed by atoms with van der Waals surface area (Å²) >= 11 is 0. The molecule has 0 saturated heterocycles. The predicted molar refractivity (Wildman–Crippen MR) is 66.5 cm³/mol. The van der Waals surface area contributed by atoms with Crippen molar-refractivity contribution in [1.29, 1.82) is 0 Å². The number of esters is 1. The summed E-state index contributed by atoms with van der Waals surface area (Å²) in [5.41, 5.74) is 0.235. The first kappa shape index (κ1) is 18.0. The van der Waals surface area contributed by atoms with Crippen LogP contribution < -0.4 is 0 Å². The lowest BCUT2D eigenvalue weighted by Crippen LogP contribution is -2.27. The van der Waals surface area contributed by atoms with Gasteiger partial charge in [-0.2, -0.15) is 0 Å². The second-order valence-corrected chi connectivity index (χ2v) is 3.62. The molecule has 19 heavy (non-hydrogen) atoms. The monoisotopic (exact) mass is 278 g/mol. The maximum atomic E-state index is 11.2. The zero-order chi connectivity index (χ0) is 14.5. The molecule has 0 fully saturated rings. The highest BCUT2D eigenvalue weighted by atomic mass is 16.7. The van der Waals surface area contributed by atoms with E-state index in [1.165, 1.54) is 6.92 Å². The van der Waals surface area contributed by atoms with Gasteiger partial charge < -0.3 is 29.2 Å². The van der Waals surface area contributed by atoms with Crippen molar-refractivity contribution in [3.63, 3.8) is 0 Å². The number of rotatable bonds is 12. The van der Waals surface area contributed by atoms with Crippen molar-refractivity contribution in [1.82, 2.24) is 0 Å². The Morgan fingerprint density at radius 2 is 1.68 bits per heavy atom. The lowest BCUT2D eigenvalue weighted by molar-refractivity contribution is -0.185. The Balaban J connectivity index is 3.51. The lowest BCUT2D eigenvalue weighted by Gasteiger charge is -2.16. The molecule has 0 rings (SSSR count). The molecule has 0 heterocycles. The summed E-state index contributed by atoms with van der Waals surface area (Å²) in [4.78, 5) is 11.2. The molecular weight excluding hydrogens is 256 g/mol. The van der Waals surface area contributed by atoms with Gasteiger partial charge in [0, 0.05) is 5.57 Å². The predicted octanol–water partition coefficient (Wildman–Crippen LogP) is -0.534. The fourth-order valence-corrected chi connectivity index (χ4v) is 0.969. The molecule has 0 aromatic carbocycles. The number of carbonyl (C=O) groups excluding carboxylic acids is 1. The highest BCUT2D eigenvalue weighted by molar-refractivity contribution is 5.87. The molecule has 0 bridgehead atoms. The van der Waals surface area contributed by atoms with Gasteiger partial charge in [0.1, 0.15) is 6.61 Å². The molecule has 0 aromatic rings. The van der Waals surface area contributed by atoms with Gasteiger partial charge in [-0.15, -0.1) is 0 Å². The van der Waals surface area contributed by atoms with Crippen LogP contribution in [0, 0.1) is 0 Å². The molecule has 0 saturated carbocycles. The summed E-state index contributed by atoms with van der Waals surface area (Å²) < 4.78 is 20.0. The minimum absolute atomic E-state index is 0.0185. The van der Waals surface area contributed by atoms with Crippen molar-refractivity contribution < 1.29 is 34.0 Å². The average molecular weight is 278 g/mol. The molecular formula is C12H22O7. The Kier molecular flexibility index (Phi) is 11.4. The van der Waals surface area contributed by atoms with Gasteiger partial charge in [0.05, 0.1) is 39.6 Å². The smallest absolute Gasteiger partial charge is 0.335 e. The number of aliphatic hydroxyl groups excluding tert-OH is 2. The first-order valence-corrected chi connectivity index (χ1v) is 5.97. The summed E-state index contributed by atoms with van der Waals surface area (Å²) in [6.07, 6.45) is -1.02. The molecule has 0 aromatic heterocycles. The maximum Gasteiger partial charge on any atom is 0.335 e. The third-order valence-corrected chi connectivity index (χ3v) is 1.88. The maximum absolute atomic E-state index is 11.2. The van der Waals surface area contributed by atoms with E-state index in [0.717, 1.165) is 0 Å². The normalized spacial score (nSPS) is 12.2. The zero-order valence-corrected chi connectivity index (χ0v) is 11.2. The van der Waals surface area contributed by atoms with Crippen molar-refractivity contribution in [3.05, 3.63) is 12.2 Å². The Morgan fingerprint density at radius 3 is 2.21 bits per heavy atom. The number of carbonyl (C=O) groups is 1. The molecule has 7 nitrogen and oxygen atoms in total. The van der Waals surface area contributed by atoms with Crippen LogP contribution in [0.4, 0.5) is 0 Å². The molecule has 0 aliphatic carbocycles. The van der Waals surface area contributed by atoms with Crippen molar-refractivity contribution in [2.45, 2.75) is 13.2 Å². The van der Waals surface area contributed by atoms with Crippen LogP contribution in [-0.2, 0) is 23.7 Å². The highest BCUT2D eigenvalue weighted by Crippen LogP contribution is 2.00. The molecule has 7 heteroatoms. The van der Waals surface area contributed by atoms with Crippen LogP contribution in [0.2, 0.25) is 0 Å². The van der Waals surface area contributed by atoms with E-state index in [2.05, 4.69) is 6.58 Å². The fraction of sp³-hybridized carbons (Fsp3) is 0.750. The van der Waals surface area contributed by atoms with E-state index in [4.69, 9.17) is 29.2 Å². The first-order valence-electron chi connectivity index (χ1n) is 5.97. The topological polar surface area (TPSA) is 94.5 Å². The van der Waals surface area contributed by atoms with Crippen LogP contribution in [0.15, 0.2) is 12.2 Å². The van der Waals surface area contributed by atoms with E-state index in [1.807, 2.05) is 0 Å². The molecule has 0 spiro atoms. The van der Waals surface area contributed by atoms with Gasteiger partial charge in [0.15, 0.2) is 0 Å². The van der Waals surface area contributed by atoms with Crippen LogP contribution in [0.3, 0.4) is 0 Å². The molecule has 112 valence electrons. The van der Waals surface area contributed by atoms with E-state index in [9.17, 15) is 4.79 Å². The third-order valence-electron chi connectivity index (χ3n) is 1.88. The number of hydrogen-bond acceptors (Lipinski definition) is 7. The van der Waals surface area contributed by atoms with Gasteiger partial charge in [-0.25, -0.2) is 4.79 Å². The van der Waals surface area contributed by atoms with Gasteiger partial charge in [0.2, 0.25) is 6.29 Å². The van der Waals surface area contributed by atoms with Gasteiger partial charge in [-0.05, 0) is 6.92 Å². The summed E-state index contributed by atoms with van der Waals surface area (Å²) in [7, 11) is 0. The van der Waals surface area contributed by atoms with E-state index in [-0.39, 0.29) is 32.0 Å². The summed E-state index contributed by atoms with van der Waals surface area (Å²) in [5.74, 6) is -0.614. The van der Waals surface area contributed by atoms with Crippen LogP contribution in [0.5, 0.6) is 0 Å². The number of hydrogen-bond donors (Lipinski definition) is 2. The van der Waals surface area contributed by atoms with Crippen molar-refractivity contribution in [3.8, 4) is 0 Å². The van der Waals surface area contributed by atoms with E-state index in [0.29, 0.717) is 13.2 Å². The van der Waals surface area contributed by atoms with Crippen LogP contribution in [0.1, 0.15) is 6.92 Å². The Hall–Kier alpha value is -0.990. The minimum atomic E-state index is -1.02. The summed E-state index contributed by atoms with van der Waals surface area (Å²) in [6.45, 7) is 5.97. The van der Waals surface area contributed by atoms with Gasteiger partial charge >= 0.3 is 5.97 Å². The van der Waals surface area contributed by atoms with Gasteiger partial charge in [-0.1, -0.05) is 6.58 Å². The SMILES string of the molecule is C=C(C)C(=O)OC(CO)OCCOCCOCCO. The number of ether oxygens (including phenoxy) is 4. The van der Waals surface area contributed by atoms with Crippen molar-refractivity contribution in [2.75, 3.05) is 46.2 Å².